The first kappa shape index (κ1) is 8.59. The summed E-state index contributed by atoms with van der Waals surface area (Å²) in [6.07, 6.45) is 10.5. The summed E-state index contributed by atoms with van der Waals surface area (Å²) in [7, 11) is 0. The molecule has 0 nitrogen and oxygen atoms in total. The van der Waals surface area contributed by atoms with Gasteiger partial charge in [0, 0.05) is 0 Å². The summed E-state index contributed by atoms with van der Waals surface area (Å²) in [6.45, 7) is 4.63. The molecule has 2 aliphatic carbocycles. The molecule has 0 heteroatoms. The number of hydrogen-bond acceptors (Lipinski definition) is 0. The molecule has 70 valence electrons. The Hall–Kier alpha value is 0. The topological polar surface area (TPSA) is 0 Å². The second-order valence-electron chi connectivity index (χ2n) is 4.90. The molecule has 0 heterocycles. The smallest absolute Gasteiger partial charge is 0.0232 e. The first-order valence-electron chi connectivity index (χ1n) is 5.85. The van der Waals surface area contributed by atoms with Crippen molar-refractivity contribution in [3.8, 4) is 0 Å². The third kappa shape index (κ3) is 1.20. The summed E-state index contributed by atoms with van der Waals surface area (Å²) in [4.78, 5) is 0. The van der Waals surface area contributed by atoms with Crippen molar-refractivity contribution in [2.75, 3.05) is 0 Å². The van der Waals surface area contributed by atoms with Crippen LogP contribution >= 0.6 is 0 Å². The van der Waals surface area contributed by atoms with E-state index in [1.807, 2.05) is 0 Å². The highest BCUT2D eigenvalue weighted by Gasteiger charge is 2.76. The Morgan fingerprint density at radius 3 is 2.58 bits per heavy atom. The van der Waals surface area contributed by atoms with Crippen LogP contribution in [0.25, 0.3) is 0 Å². The molecule has 0 saturated heterocycles. The maximum absolute atomic E-state index is 2.33. The Bertz CT molecular complexity index is 161. The maximum Gasteiger partial charge on any atom is -0.0232 e. The van der Waals surface area contributed by atoms with Crippen molar-refractivity contribution >= 4 is 0 Å². The van der Waals surface area contributed by atoms with Crippen molar-refractivity contribution in [3.63, 3.8) is 0 Å². The Morgan fingerprint density at radius 1 is 1.17 bits per heavy atom. The molecule has 0 aromatic heterocycles. The van der Waals surface area contributed by atoms with Gasteiger partial charge in [0.2, 0.25) is 0 Å². The molecule has 0 aromatic carbocycles. The number of unbranched alkanes of at least 4 members (excludes halogenated alkanes) is 2. The third-order valence-corrected chi connectivity index (χ3v) is 4.14. The van der Waals surface area contributed by atoms with E-state index in [-0.39, 0.29) is 0 Å². The molecule has 0 radical (unpaired) electrons. The molecule has 0 amide bonds. The summed E-state index contributed by atoms with van der Waals surface area (Å²) in [5.74, 6) is 2.38. The van der Waals surface area contributed by atoms with Crippen LogP contribution in [-0.2, 0) is 0 Å². The molecule has 0 bridgehead atoms. The van der Waals surface area contributed by atoms with Crippen molar-refractivity contribution in [1.82, 2.24) is 0 Å². The normalized spacial score (nSPS) is 42.5. The van der Waals surface area contributed by atoms with Crippen molar-refractivity contribution in [3.05, 3.63) is 0 Å². The van der Waals surface area contributed by atoms with Gasteiger partial charge in [-0.2, -0.15) is 0 Å². The second kappa shape index (κ2) is 3.05. The highest BCUT2D eigenvalue weighted by atomic mass is 14.8. The number of hydrogen-bond donors (Lipinski definition) is 0. The monoisotopic (exact) mass is 166 g/mol. The van der Waals surface area contributed by atoms with Crippen LogP contribution < -0.4 is 0 Å². The van der Waals surface area contributed by atoms with Crippen LogP contribution in [0.15, 0.2) is 0 Å². The minimum Gasteiger partial charge on any atom is -0.0654 e. The molecule has 2 rings (SSSR count). The molecule has 3 atom stereocenters. The zero-order valence-electron chi connectivity index (χ0n) is 8.60. The zero-order valence-corrected chi connectivity index (χ0v) is 8.60. The lowest BCUT2D eigenvalue weighted by atomic mass is 9.96. The zero-order chi connectivity index (χ0) is 8.60. The minimum absolute atomic E-state index is 0.936. The summed E-state index contributed by atoms with van der Waals surface area (Å²) in [5.41, 5.74) is 0.936. The van der Waals surface area contributed by atoms with Crippen LogP contribution in [0.1, 0.15) is 58.8 Å². The molecule has 0 spiro atoms. The Morgan fingerprint density at radius 2 is 2.00 bits per heavy atom. The predicted molar refractivity (Wildman–Crippen MR) is 53.1 cm³/mol. The van der Waals surface area contributed by atoms with E-state index in [2.05, 4.69) is 13.8 Å². The molecular formula is C12H22. The van der Waals surface area contributed by atoms with Gasteiger partial charge < -0.3 is 0 Å². The molecule has 2 saturated carbocycles. The van der Waals surface area contributed by atoms with E-state index in [1.165, 1.54) is 43.9 Å². The lowest BCUT2D eigenvalue weighted by Crippen LogP contribution is -1.98. The third-order valence-electron chi connectivity index (χ3n) is 4.14. The quantitative estimate of drug-likeness (QED) is 0.523. The van der Waals surface area contributed by atoms with Crippen LogP contribution in [-0.4, -0.2) is 0 Å². The van der Waals surface area contributed by atoms with Crippen LogP contribution in [0.4, 0.5) is 0 Å². The predicted octanol–water partition coefficient (Wildman–Crippen LogP) is 4.00. The van der Waals surface area contributed by atoms with Crippen molar-refractivity contribution in [2.24, 2.45) is 17.3 Å². The van der Waals surface area contributed by atoms with Gasteiger partial charge in [0.15, 0.2) is 0 Å². The highest BCUT2D eigenvalue weighted by molar-refractivity contribution is 5.24. The van der Waals surface area contributed by atoms with Gasteiger partial charge in [-0.05, 0) is 36.5 Å². The molecule has 3 unspecified atom stereocenters. The summed E-state index contributed by atoms with van der Waals surface area (Å²) in [5, 5.41) is 0. The van der Waals surface area contributed by atoms with E-state index in [0.717, 1.165) is 5.41 Å². The van der Waals surface area contributed by atoms with Gasteiger partial charge >= 0.3 is 0 Å². The molecule has 12 heavy (non-hydrogen) atoms. The van der Waals surface area contributed by atoms with Crippen LogP contribution in [0, 0.1) is 17.3 Å². The molecule has 2 fully saturated rings. The second-order valence-corrected chi connectivity index (χ2v) is 4.90. The Kier molecular flexibility index (Phi) is 2.18. The van der Waals surface area contributed by atoms with E-state index in [9.17, 15) is 0 Å². The highest BCUT2D eigenvalue weighted by Crippen LogP contribution is 2.83. The minimum atomic E-state index is 0.936. The fourth-order valence-corrected chi connectivity index (χ4v) is 3.13. The standard InChI is InChI=1S/C12H22/c1-3-5-6-8-12-9-11(12)10(12)7-4-2/h10-11H,3-9H2,1-2H3. The van der Waals surface area contributed by atoms with E-state index >= 15 is 0 Å². The average molecular weight is 166 g/mol. The van der Waals surface area contributed by atoms with Gasteiger partial charge in [-0.1, -0.05) is 39.5 Å². The van der Waals surface area contributed by atoms with E-state index < -0.39 is 0 Å². The number of rotatable bonds is 6. The van der Waals surface area contributed by atoms with Crippen molar-refractivity contribution in [1.29, 1.82) is 0 Å². The van der Waals surface area contributed by atoms with E-state index in [4.69, 9.17) is 0 Å². The van der Waals surface area contributed by atoms with Crippen LogP contribution in [0.5, 0.6) is 0 Å². The lowest BCUT2D eigenvalue weighted by Gasteiger charge is -2.09. The summed E-state index contributed by atoms with van der Waals surface area (Å²) < 4.78 is 0. The largest absolute Gasteiger partial charge is 0.0654 e. The Balaban J connectivity index is 1.64. The molecule has 2 aliphatic rings. The van der Waals surface area contributed by atoms with Crippen LogP contribution in [0.3, 0.4) is 0 Å². The van der Waals surface area contributed by atoms with Crippen molar-refractivity contribution < 1.29 is 0 Å². The molecule has 0 aliphatic heterocycles. The summed E-state index contributed by atoms with van der Waals surface area (Å²) in [6, 6.07) is 0. The fourth-order valence-electron chi connectivity index (χ4n) is 3.13. The van der Waals surface area contributed by atoms with Gasteiger partial charge in [-0.25, -0.2) is 0 Å². The lowest BCUT2D eigenvalue weighted by molar-refractivity contribution is 0.416. The van der Waals surface area contributed by atoms with Crippen LogP contribution in [0.2, 0.25) is 0 Å². The Labute approximate surface area is 76.7 Å². The van der Waals surface area contributed by atoms with Crippen molar-refractivity contribution in [2.45, 2.75) is 58.8 Å². The van der Waals surface area contributed by atoms with Gasteiger partial charge in [-0.3, -0.25) is 0 Å². The average Bonchev–Trinajstić information content (AvgIpc) is 2.89. The fraction of sp³-hybridized carbons (Fsp3) is 1.00. The SMILES string of the molecule is CCCCCC12CC1C2CCC. The van der Waals surface area contributed by atoms with E-state index in [0.29, 0.717) is 0 Å². The molecule has 0 N–H and O–H groups in total. The van der Waals surface area contributed by atoms with Gasteiger partial charge in [0.05, 0.1) is 0 Å². The molecular weight excluding hydrogens is 144 g/mol. The van der Waals surface area contributed by atoms with E-state index in [1.54, 1.807) is 12.8 Å². The first-order chi connectivity index (χ1) is 5.85. The number of fused-ring (bicyclic) bond motifs is 1. The van der Waals surface area contributed by atoms with Gasteiger partial charge in [0.25, 0.3) is 0 Å². The van der Waals surface area contributed by atoms with Gasteiger partial charge in [0.1, 0.15) is 0 Å². The maximum atomic E-state index is 2.33. The first-order valence-corrected chi connectivity index (χ1v) is 5.85. The molecule has 0 aromatic rings. The summed E-state index contributed by atoms with van der Waals surface area (Å²) >= 11 is 0. The van der Waals surface area contributed by atoms with Gasteiger partial charge in [-0.15, -0.1) is 0 Å².